The first-order chi connectivity index (χ1) is 9.86. The van der Waals surface area contributed by atoms with Gasteiger partial charge in [0, 0.05) is 30.7 Å². The van der Waals surface area contributed by atoms with Crippen molar-refractivity contribution in [2.75, 3.05) is 33.3 Å². The lowest BCUT2D eigenvalue weighted by Crippen LogP contribution is -2.50. The summed E-state index contributed by atoms with van der Waals surface area (Å²) in [4.78, 5) is 12.1. The van der Waals surface area contributed by atoms with Crippen molar-refractivity contribution in [2.45, 2.75) is 4.90 Å². The maximum absolute atomic E-state index is 12.7. The average molecular weight is 379 g/mol. The van der Waals surface area contributed by atoms with Crippen molar-refractivity contribution in [3.05, 3.63) is 22.7 Å². The van der Waals surface area contributed by atoms with Crippen molar-refractivity contribution in [3.63, 3.8) is 0 Å². The molecule has 1 aromatic rings. The van der Waals surface area contributed by atoms with Crippen molar-refractivity contribution in [3.8, 4) is 5.75 Å². The molecule has 1 amide bonds. The molecule has 0 unspecified atom stereocenters. The normalized spacial score (nSPS) is 16.8. The van der Waals surface area contributed by atoms with Crippen molar-refractivity contribution in [1.82, 2.24) is 9.21 Å². The topological polar surface area (TPSA) is 87.2 Å². The summed E-state index contributed by atoms with van der Waals surface area (Å²) in [5.74, 6) is 0.263. The molecule has 1 heterocycles. The number of sulfonamides is 1. The molecule has 9 heteroatoms. The van der Waals surface area contributed by atoms with Gasteiger partial charge in [-0.05, 0) is 18.2 Å². The number of ether oxygens (including phenoxy) is 1. The summed E-state index contributed by atoms with van der Waals surface area (Å²) in [5.41, 5.74) is 0. The monoisotopic (exact) mass is 378 g/mol. The summed E-state index contributed by atoms with van der Waals surface area (Å²) in [6.45, 7) is 0.574. The van der Waals surface area contributed by atoms with Crippen LogP contribution in [0.15, 0.2) is 27.6 Å². The highest BCUT2D eigenvalue weighted by Crippen LogP contribution is 2.30. The van der Waals surface area contributed by atoms with Gasteiger partial charge in [0.1, 0.15) is 10.6 Å². The molecule has 2 rings (SSSR count). The predicted octanol–water partition coefficient (Wildman–Crippen LogP) is 1.44. The van der Waals surface area contributed by atoms with Crippen LogP contribution in [0.3, 0.4) is 0 Å². The Hall–Kier alpha value is -1.32. The smallest absolute Gasteiger partial charge is 0.407 e. The third-order valence-corrected chi connectivity index (χ3v) is 5.67. The molecular formula is C12H15BrN2O5S. The first-order valence-corrected chi connectivity index (χ1v) is 8.41. The highest BCUT2D eigenvalue weighted by Gasteiger charge is 2.32. The Morgan fingerprint density at radius 3 is 2.43 bits per heavy atom. The molecule has 116 valence electrons. The van der Waals surface area contributed by atoms with Crippen LogP contribution < -0.4 is 4.74 Å². The van der Waals surface area contributed by atoms with Crippen LogP contribution >= 0.6 is 15.9 Å². The second-order valence-electron chi connectivity index (χ2n) is 4.47. The van der Waals surface area contributed by atoms with Gasteiger partial charge in [0.15, 0.2) is 0 Å². The fourth-order valence-corrected chi connectivity index (χ4v) is 4.23. The summed E-state index contributed by atoms with van der Waals surface area (Å²) in [6.07, 6.45) is -1.04. The Balaban J connectivity index is 2.27. The van der Waals surface area contributed by atoms with Crippen LogP contribution in [0.4, 0.5) is 4.79 Å². The zero-order valence-electron chi connectivity index (χ0n) is 11.3. The van der Waals surface area contributed by atoms with E-state index in [0.29, 0.717) is 4.47 Å². The fraction of sp³-hybridized carbons (Fsp3) is 0.417. The second-order valence-corrected chi connectivity index (χ2v) is 7.29. The number of piperazine rings is 1. The van der Waals surface area contributed by atoms with Crippen molar-refractivity contribution in [1.29, 1.82) is 0 Å². The minimum atomic E-state index is -3.72. The van der Waals surface area contributed by atoms with Crippen LogP contribution in [-0.4, -0.2) is 62.1 Å². The molecule has 7 nitrogen and oxygen atoms in total. The SMILES string of the molecule is COc1ccc(Br)cc1S(=O)(=O)N1CCN(C(=O)O)CC1. The minimum absolute atomic E-state index is 0.0724. The molecule has 21 heavy (non-hydrogen) atoms. The first kappa shape index (κ1) is 16.1. The van der Waals surface area contributed by atoms with E-state index in [0.717, 1.165) is 0 Å². The van der Waals surface area contributed by atoms with E-state index in [1.807, 2.05) is 0 Å². The Kier molecular flexibility index (Phi) is 4.74. The summed E-state index contributed by atoms with van der Waals surface area (Å²) in [6, 6.07) is 4.75. The van der Waals surface area contributed by atoms with Gasteiger partial charge in [0.05, 0.1) is 7.11 Å². The lowest BCUT2D eigenvalue weighted by atomic mass is 10.3. The fourth-order valence-electron chi connectivity index (χ4n) is 2.11. The van der Waals surface area contributed by atoms with Gasteiger partial charge in [-0.1, -0.05) is 15.9 Å². The molecule has 0 spiro atoms. The molecule has 0 saturated carbocycles. The van der Waals surface area contributed by atoms with E-state index >= 15 is 0 Å². The molecule has 0 radical (unpaired) electrons. The molecule has 1 saturated heterocycles. The minimum Gasteiger partial charge on any atom is -0.495 e. The molecule has 0 atom stereocenters. The number of amides is 1. The largest absolute Gasteiger partial charge is 0.495 e. The van der Waals surface area contributed by atoms with Gasteiger partial charge in [-0.2, -0.15) is 4.31 Å². The highest BCUT2D eigenvalue weighted by molar-refractivity contribution is 9.10. The number of methoxy groups -OCH3 is 1. The summed E-state index contributed by atoms with van der Waals surface area (Å²) >= 11 is 3.25. The molecule has 0 bridgehead atoms. The predicted molar refractivity (Wildman–Crippen MR) is 79.1 cm³/mol. The van der Waals surface area contributed by atoms with Gasteiger partial charge < -0.3 is 14.7 Å². The quantitative estimate of drug-likeness (QED) is 0.859. The van der Waals surface area contributed by atoms with Gasteiger partial charge in [0.25, 0.3) is 0 Å². The molecule has 1 N–H and O–H groups in total. The van der Waals surface area contributed by atoms with E-state index in [1.54, 1.807) is 12.1 Å². The van der Waals surface area contributed by atoms with Gasteiger partial charge in [-0.25, -0.2) is 13.2 Å². The third kappa shape index (κ3) is 3.30. The Morgan fingerprint density at radius 1 is 1.29 bits per heavy atom. The molecule has 0 aromatic heterocycles. The van der Waals surface area contributed by atoms with Crippen molar-refractivity contribution >= 4 is 32.0 Å². The maximum Gasteiger partial charge on any atom is 0.407 e. The molecule has 1 aromatic carbocycles. The number of hydrogen-bond acceptors (Lipinski definition) is 4. The number of rotatable bonds is 3. The number of halogens is 1. The zero-order chi connectivity index (χ0) is 15.6. The molecule has 0 aliphatic carbocycles. The van der Waals surface area contributed by atoms with E-state index in [9.17, 15) is 13.2 Å². The zero-order valence-corrected chi connectivity index (χ0v) is 13.7. The van der Waals surface area contributed by atoms with Crippen LogP contribution in [0.25, 0.3) is 0 Å². The molecule has 1 aliphatic rings. The van der Waals surface area contributed by atoms with Gasteiger partial charge >= 0.3 is 6.09 Å². The maximum atomic E-state index is 12.7. The lowest BCUT2D eigenvalue weighted by molar-refractivity contribution is 0.126. The number of nitrogens with zero attached hydrogens (tertiary/aromatic N) is 2. The number of hydrogen-bond donors (Lipinski definition) is 1. The highest BCUT2D eigenvalue weighted by atomic mass is 79.9. The Labute approximate surface area is 131 Å². The number of benzene rings is 1. The Morgan fingerprint density at radius 2 is 1.90 bits per heavy atom. The van der Waals surface area contributed by atoms with E-state index in [-0.39, 0.29) is 36.8 Å². The van der Waals surface area contributed by atoms with Crippen LogP contribution in [-0.2, 0) is 10.0 Å². The summed E-state index contributed by atoms with van der Waals surface area (Å²) in [5, 5.41) is 8.89. The third-order valence-electron chi connectivity index (χ3n) is 3.25. The van der Waals surface area contributed by atoms with Gasteiger partial charge in [0.2, 0.25) is 10.0 Å². The Bertz CT molecular complexity index is 641. The van der Waals surface area contributed by atoms with Crippen LogP contribution in [0.2, 0.25) is 0 Å². The number of carbonyl (C=O) groups is 1. The standard InChI is InChI=1S/C12H15BrN2O5S/c1-20-10-3-2-9(13)8-11(10)21(18,19)15-6-4-14(5-7-15)12(16)17/h2-3,8H,4-7H2,1H3,(H,16,17). The van der Waals surface area contributed by atoms with Crippen LogP contribution in [0, 0.1) is 0 Å². The lowest BCUT2D eigenvalue weighted by Gasteiger charge is -2.32. The van der Waals surface area contributed by atoms with Gasteiger partial charge in [-0.15, -0.1) is 0 Å². The van der Waals surface area contributed by atoms with E-state index in [2.05, 4.69) is 15.9 Å². The van der Waals surface area contributed by atoms with E-state index in [4.69, 9.17) is 9.84 Å². The first-order valence-electron chi connectivity index (χ1n) is 6.18. The summed E-state index contributed by atoms with van der Waals surface area (Å²) in [7, 11) is -2.31. The second kappa shape index (κ2) is 6.20. The molecular weight excluding hydrogens is 364 g/mol. The number of carboxylic acid groups (broad SMARTS) is 1. The van der Waals surface area contributed by atoms with E-state index < -0.39 is 16.1 Å². The molecule has 1 fully saturated rings. The molecule has 1 aliphatic heterocycles. The summed E-state index contributed by atoms with van der Waals surface area (Å²) < 4.78 is 32.3. The average Bonchev–Trinajstić information content (AvgIpc) is 2.47. The van der Waals surface area contributed by atoms with Crippen LogP contribution in [0.1, 0.15) is 0 Å². The van der Waals surface area contributed by atoms with E-state index in [1.165, 1.54) is 22.4 Å². The van der Waals surface area contributed by atoms with Crippen molar-refractivity contribution < 1.29 is 23.1 Å². The van der Waals surface area contributed by atoms with Gasteiger partial charge in [-0.3, -0.25) is 0 Å². The van der Waals surface area contributed by atoms with Crippen molar-refractivity contribution in [2.24, 2.45) is 0 Å². The van der Waals surface area contributed by atoms with Crippen LogP contribution in [0.5, 0.6) is 5.75 Å².